The molecule has 0 aliphatic heterocycles. The van der Waals surface area contributed by atoms with Crippen LogP contribution in [-0.2, 0) is 5.54 Å². The first-order valence-electron chi connectivity index (χ1n) is 10.2. The lowest BCUT2D eigenvalue weighted by atomic mass is 9.53. The summed E-state index contributed by atoms with van der Waals surface area (Å²) in [4.78, 5) is 0. The van der Waals surface area contributed by atoms with Gasteiger partial charge in [-0.1, -0.05) is 12.1 Å². The molecule has 4 fully saturated rings. The quantitative estimate of drug-likeness (QED) is 0.715. The van der Waals surface area contributed by atoms with Crippen molar-refractivity contribution in [1.29, 1.82) is 0 Å². The molecule has 2 aromatic rings. The molecule has 4 bridgehead atoms. The normalized spacial score (nSPS) is 31.1. The predicted molar refractivity (Wildman–Crippen MR) is 114 cm³/mol. The lowest BCUT2D eigenvalue weighted by molar-refractivity contribution is -0.0492. The average Bonchev–Trinajstić information content (AvgIpc) is 3.06. The maximum atomic E-state index is 5.53. The first kappa shape index (κ1) is 17.2. The van der Waals surface area contributed by atoms with Crippen molar-refractivity contribution in [1.82, 2.24) is 9.78 Å². The van der Waals surface area contributed by atoms with Crippen molar-refractivity contribution in [2.24, 2.45) is 17.8 Å². The van der Waals surface area contributed by atoms with E-state index in [1.54, 1.807) is 0 Å². The van der Waals surface area contributed by atoms with Gasteiger partial charge in [0, 0.05) is 18.0 Å². The lowest BCUT2D eigenvalue weighted by Gasteiger charge is -2.56. The van der Waals surface area contributed by atoms with Crippen molar-refractivity contribution >= 4 is 28.8 Å². The zero-order valence-corrected chi connectivity index (χ0v) is 17.0. The molecule has 6 rings (SSSR count). The van der Waals surface area contributed by atoms with Gasteiger partial charge in [0.2, 0.25) is 0 Å². The number of nitrogens with one attached hydrogen (secondary N) is 2. The molecule has 5 heteroatoms. The molecule has 0 radical (unpaired) electrons. The van der Waals surface area contributed by atoms with Crippen LogP contribution in [0.1, 0.15) is 49.7 Å². The Morgan fingerprint density at radius 1 is 1.04 bits per heavy atom. The van der Waals surface area contributed by atoms with Crippen LogP contribution in [0.25, 0.3) is 0 Å². The number of benzene rings is 1. The number of anilines is 2. The Kier molecular flexibility index (Phi) is 4.04. The van der Waals surface area contributed by atoms with Crippen molar-refractivity contribution in [3.05, 3.63) is 41.6 Å². The van der Waals surface area contributed by atoms with Gasteiger partial charge in [-0.3, -0.25) is 4.68 Å². The molecule has 1 aromatic carbocycles. The summed E-state index contributed by atoms with van der Waals surface area (Å²) in [6, 6.07) is 8.42. The average molecular weight is 381 g/mol. The van der Waals surface area contributed by atoms with E-state index < -0.39 is 0 Å². The number of nitrogens with zero attached hydrogens (tertiary/aromatic N) is 2. The van der Waals surface area contributed by atoms with Gasteiger partial charge < -0.3 is 10.6 Å². The monoisotopic (exact) mass is 380 g/mol. The SMILES string of the molecule is Cc1ccc(C)c(NC(=S)Nc2ccn(C34CC5CC(CC(C5)C3)C4)n2)c1. The zero-order valence-electron chi connectivity index (χ0n) is 16.2. The van der Waals surface area contributed by atoms with E-state index in [9.17, 15) is 0 Å². The molecule has 0 amide bonds. The van der Waals surface area contributed by atoms with Crippen LogP contribution in [0.2, 0.25) is 0 Å². The van der Waals surface area contributed by atoms with Crippen LogP contribution in [0, 0.1) is 31.6 Å². The highest BCUT2D eigenvalue weighted by molar-refractivity contribution is 7.80. The van der Waals surface area contributed by atoms with Crippen molar-refractivity contribution in [3.63, 3.8) is 0 Å². The smallest absolute Gasteiger partial charge is 0.176 e. The number of aryl methyl sites for hydroxylation is 2. The second-order valence-electron chi connectivity index (χ2n) is 9.18. The van der Waals surface area contributed by atoms with Crippen molar-refractivity contribution < 1.29 is 0 Å². The molecule has 4 saturated carbocycles. The minimum Gasteiger partial charge on any atom is -0.332 e. The molecule has 1 heterocycles. The standard InChI is InChI=1S/C22H28N4S/c1-14-3-4-15(2)19(7-14)23-21(27)24-20-5-6-26(25-20)22-11-16-8-17(12-22)10-18(9-16)13-22/h3-7,16-18H,8-13H2,1-2H3,(H2,23,24,25,27). The van der Waals surface area contributed by atoms with Crippen LogP contribution in [0.5, 0.6) is 0 Å². The van der Waals surface area contributed by atoms with Gasteiger partial charge in [0.1, 0.15) is 0 Å². The van der Waals surface area contributed by atoms with Crippen LogP contribution in [0.4, 0.5) is 11.5 Å². The molecule has 0 spiro atoms. The Balaban J connectivity index is 1.30. The number of hydrogen-bond donors (Lipinski definition) is 2. The van der Waals surface area contributed by atoms with E-state index in [0.717, 1.165) is 29.3 Å². The largest absolute Gasteiger partial charge is 0.332 e. The Bertz CT molecular complexity index is 849. The van der Waals surface area contributed by atoms with Crippen molar-refractivity contribution in [2.75, 3.05) is 10.6 Å². The number of aromatic nitrogens is 2. The molecule has 1 aromatic heterocycles. The van der Waals surface area contributed by atoms with Crippen LogP contribution < -0.4 is 10.6 Å². The maximum Gasteiger partial charge on any atom is 0.176 e. The molecule has 0 saturated heterocycles. The van der Waals surface area contributed by atoms with Gasteiger partial charge in [0.05, 0.1) is 5.54 Å². The van der Waals surface area contributed by atoms with E-state index in [1.165, 1.54) is 49.7 Å². The van der Waals surface area contributed by atoms with Crippen LogP contribution in [-0.4, -0.2) is 14.9 Å². The van der Waals surface area contributed by atoms with Crippen LogP contribution in [0.15, 0.2) is 30.5 Å². The highest BCUT2D eigenvalue weighted by Gasteiger charge is 2.52. The predicted octanol–water partition coefficient (Wildman–Crippen LogP) is 5.23. The fourth-order valence-electron chi connectivity index (χ4n) is 6.14. The zero-order chi connectivity index (χ0) is 18.6. The summed E-state index contributed by atoms with van der Waals surface area (Å²) in [5.41, 5.74) is 3.71. The van der Waals surface area contributed by atoms with Gasteiger partial charge in [-0.2, -0.15) is 5.10 Å². The Morgan fingerprint density at radius 3 is 2.37 bits per heavy atom. The van der Waals surface area contributed by atoms with Gasteiger partial charge in [-0.15, -0.1) is 0 Å². The second-order valence-corrected chi connectivity index (χ2v) is 9.59. The Labute approximate surface area is 166 Å². The van der Waals surface area contributed by atoms with Crippen LogP contribution in [0.3, 0.4) is 0 Å². The summed E-state index contributed by atoms with van der Waals surface area (Å²) in [5.74, 6) is 3.60. The minimum absolute atomic E-state index is 0.261. The third-order valence-electron chi connectivity index (χ3n) is 6.96. The van der Waals surface area contributed by atoms with Crippen molar-refractivity contribution in [3.8, 4) is 0 Å². The molecule has 0 unspecified atom stereocenters. The highest BCUT2D eigenvalue weighted by atomic mass is 32.1. The summed E-state index contributed by atoms with van der Waals surface area (Å²) in [6.07, 6.45) is 10.5. The third-order valence-corrected chi connectivity index (χ3v) is 7.17. The number of hydrogen-bond acceptors (Lipinski definition) is 2. The molecule has 142 valence electrons. The van der Waals surface area contributed by atoms with E-state index in [4.69, 9.17) is 17.3 Å². The van der Waals surface area contributed by atoms with Gasteiger partial charge in [-0.05, 0) is 99.5 Å². The van der Waals surface area contributed by atoms with E-state index in [2.05, 4.69) is 59.6 Å². The van der Waals surface area contributed by atoms with E-state index in [-0.39, 0.29) is 5.54 Å². The minimum atomic E-state index is 0.261. The molecule has 2 N–H and O–H groups in total. The van der Waals surface area contributed by atoms with Crippen LogP contribution >= 0.6 is 12.2 Å². The van der Waals surface area contributed by atoms with E-state index in [0.29, 0.717) is 5.11 Å². The molecule has 4 aliphatic rings. The van der Waals surface area contributed by atoms with Gasteiger partial charge >= 0.3 is 0 Å². The summed E-state index contributed by atoms with van der Waals surface area (Å²) in [7, 11) is 0. The van der Waals surface area contributed by atoms with E-state index >= 15 is 0 Å². The number of thiocarbonyl (C=S) groups is 1. The second kappa shape index (κ2) is 6.33. The van der Waals surface area contributed by atoms with Gasteiger partial charge in [-0.25, -0.2) is 0 Å². The fraction of sp³-hybridized carbons (Fsp3) is 0.545. The molecule has 0 atom stereocenters. The Morgan fingerprint density at radius 2 is 1.70 bits per heavy atom. The summed E-state index contributed by atoms with van der Waals surface area (Å²) in [5, 5.41) is 12.1. The first-order valence-corrected chi connectivity index (χ1v) is 10.6. The number of rotatable bonds is 3. The molecular formula is C22H28N4S. The first-order chi connectivity index (χ1) is 13.0. The summed E-state index contributed by atoms with van der Waals surface area (Å²) >= 11 is 5.53. The van der Waals surface area contributed by atoms with Gasteiger partial charge in [0.25, 0.3) is 0 Å². The Hall–Kier alpha value is -1.88. The molecule has 27 heavy (non-hydrogen) atoms. The summed E-state index contributed by atoms with van der Waals surface area (Å²) < 4.78 is 2.26. The van der Waals surface area contributed by atoms with Crippen molar-refractivity contribution in [2.45, 2.75) is 57.9 Å². The maximum absolute atomic E-state index is 5.53. The summed E-state index contributed by atoms with van der Waals surface area (Å²) in [6.45, 7) is 4.18. The lowest BCUT2D eigenvalue weighted by Crippen LogP contribution is -2.52. The van der Waals surface area contributed by atoms with Gasteiger partial charge in [0.15, 0.2) is 10.9 Å². The highest BCUT2D eigenvalue weighted by Crippen LogP contribution is 2.58. The molecule has 4 nitrogen and oxygen atoms in total. The molecule has 4 aliphatic carbocycles. The molecular weight excluding hydrogens is 352 g/mol. The van der Waals surface area contributed by atoms with E-state index in [1.807, 2.05) is 0 Å². The topological polar surface area (TPSA) is 41.9 Å². The third kappa shape index (κ3) is 3.16. The fourth-order valence-corrected chi connectivity index (χ4v) is 6.36.